The van der Waals surface area contributed by atoms with Crippen molar-refractivity contribution in [2.24, 2.45) is 5.92 Å². The van der Waals surface area contributed by atoms with Gasteiger partial charge in [-0.2, -0.15) is 0 Å². The van der Waals surface area contributed by atoms with Crippen molar-refractivity contribution < 1.29 is 9.59 Å². The first-order valence-electron chi connectivity index (χ1n) is 8.60. The highest BCUT2D eigenvalue weighted by molar-refractivity contribution is 7.13. The van der Waals surface area contributed by atoms with Crippen LogP contribution >= 0.6 is 11.3 Å². The summed E-state index contributed by atoms with van der Waals surface area (Å²) in [6, 6.07) is 7.95. The summed E-state index contributed by atoms with van der Waals surface area (Å²) < 4.78 is 0. The van der Waals surface area contributed by atoms with Crippen LogP contribution in [0.1, 0.15) is 18.4 Å². The molecule has 0 saturated carbocycles. The molecule has 2 N–H and O–H groups in total. The summed E-state index contributed by atoms with van der Waals surface area (Å²) in [4.78, 5) is 30.2. The summed E-state index contributed by atoms with van der Waals surface area (Å²) in [5.41, 5.74) is 3.60. The number of anilines is 1. The van der Waals surface area contributed by atoms with Gasteiger partial charge in [0.05, 0.1) is 12.3 Å². The van der Waals surface area contributed by atoms with E-state index >= 15 is 0 Å². The highest BCUT2D eigenvalue weighted by atomic mass is 32.1. The van der Waals surface area contributed by atoms with E-state index in [1.807, 2.05) is 30.5 Å². The lowest BCUT2D eigenvalue weighted by Gasteiger charge is -2.32. The number of fused-ring (bicyclic) bond motifs is 1. The van der Waals surface area contributed by atoms with Crippen LogP contribution in [0.3, 0.4) is 0 Å². The van der Waals surface area contributed by atoms with Gasteiger partial charge in [0.2, 0.25) is 16.9 Å². The van der Waals surface area contributed by atoms with Gasteiger partial charge in [0.15, 0.2) is 0 Å². The van der Waals surface area contributed by atoms with Crippen LogP contribution in [0.4, 0.5) is 5.13 Å². The monoisotopic (exact) mass is 369 g/mol. The minimum Gasteiger partial charge on any atom is -0.361 e. The van der Waals surface area contributed by atoms with E-state index in [1.54, 1.807) is 10.4 Å². The molecule has 1 unspecified atom stereocenters. The van der Waals surface area contributed by atoms with Gasteiger partial charge in [0.25, 0.3) is 0 Å². The van der Waals surface area contributed by atoms with Gasteiger partial charge < -0.3 is 15.2 Å². The normalized spacial score (nSPS) is 17.4. The molecule has 0 aliphatic carbocycles. The summed E-state index contributed by atoms with van der Waals surface area (Å²) in [7, 11) is 0. The molecule has 134 valence electrons. The number of para-hydroxylation sites is 1. The largest absolute Gasteiger partial charge is 0.361 e. The topological polar surface area (TPSA) is 91.0 Å². The summed E-state index contributed by atoms with van der Waals surface area (Å²) in [5.74, 6) is -0.242. The highest BCUT2D eigenvalue weighted by Crippen LogP contribution is 2.22. The maximum atomic E-state index is 12.8. The van der Waals surface area contributed by atoms with Crippen molar-refractivity contribution in [3.05, 3.63) is 41.5 Å². The van der Waals surface area contributed by atoms with Crippen LogP contribution in [0, 0.1) is 5.92 Å². The molecular formula is C18H19N5O2S. The van der Waals surface area contributed by atoms with E-state index in [2.05, 4.69) is 20.5 Å². The maximum Gasteiger partial charge on any atom is 0.231 e. The number of likely N-dealkylation sites (tertiary alicyclic amines) is 1. The number of benzene rings is 1. The molecule has 0 bridgehead atoms. The Kier molecular flexibility index (Phi) is 4.66. The number of amides is 2. The second-order valence-electron chi connectivity index (χ2n) is 6.45. The minimum atomic E-state index is -0.209. The van der Waals surface area contributed by atoms with Crippen LogP contribution in [-0.4, -0.2) is 45.0 Å². The lowest BCUT2D eigenvalue weighted by Crippen LogP contribution is -2.44. The lowest BCUT2D eigenvalue weighted by molar-refractivity contribution is -0.133. The number of nitrogens with one attached hydrogen (secondary N) is 2. The third kappa shape index (κ3) is 3.45. The van der Waals surface area contributed by atoms with Crippen molar-refractivity contribution in [3.63, 3.8) is 0 Å². The third-order valence-electron chi connectivity index (χ3n) is 4.75. The van der Waals surface area contributed by atoms with Gasteiger partial charge in [0, 0.05) is 30.2 Å². The number of hydrogen-bond donors (Lipinski definition) is 2. The number of piperidine rings is 1. The molecule has 0 radical (unpaired) electrons. The molecule has 2 aromatic heterocycles. The molecule has 1 aromatic carbocycles. The van der Waals surface area contributed by atoms with Crippen molar-refractivity contribution in [2.75, 3.05) is 18.4 Å². The van der Waals surface area contributed by atoms with E-state index in [9.17, 15) is 9.59 Å². The second-order valence-corrected chi connectivity index (χ2v) is 7.28. The van der Waals surface area contributed by atoms with Gasteiger partial charge in [-0.1, -0.05) is 29.5 Å². The number of hydrogen-bond acceptors (Lipinski definition) is 5. The van der Waals surface area contributed by atoms with E-state index in [0.29, 0.717) is 24.6 Å². The van der Waals surface area contributed by atoms with Crippen LogP contribution in [-0.2, 0) is 16.0 Å². The zero-order valence-corrected chi connectivity index (χ0v) is 15.0. The molecule has 7 nitrogen and oxygen atoms in total. The molecule has 3 heterocycles. The quantitative estimate of drug-likeness (QED) is 0.739. The summed E-state index contributed by atoms with van der Waals surface area (Å²) >= 11 is 1.29. The van der Waals surface area contributed by atoms with Crippen LogP contribution in [0.2, 0.25) is 0 Å². The lowest BCUT2D eigenvalue weighted by atomic mass is 9.96. The predicted molar refractivity (Wildman–Crippen MR) is 99.8 cm³/mol. The Balaban J connectivity index is 1.40. The van der Waals surface area contributed by atoms with Gasteiger partial charge in [-0.25, -0.2) is 0 Å². The average molecular weight is 369 g/mol. The Morgan fingerprint density at radius 2 is 2.23 bits per heavy atom. The first-order chi connectivity index (χ1) is 12.7. The predicted octanol–water partition coefficient (Wildman–Crippen LogP) is 2.44. The van der Waals surface area contributed by atoms with Gasteiger partial charge in [-0.15, -0.1) is 10.2 Å². The molecule has 26 heavy (non-hydrogen) atoms. The molecular weight excluding hydrogens is 350 g/mol. The minimum absolute atomic E-state index is 0.0585. The standard InChI is InChI=1S/C18H19N5O2S/c24-16(8-13-9-19-15-6-2-1-5-14(13)15)23-7-3-4-12(10-23)17(25)21-18-22-20-11-26-18/h1-2,5-6,9,11-12,19H,3-4,7-8,10H2,(H,21,22,25). The van der Waals surface area contributed by atoms with Crippen LogP contribution < -0.4 is 5.32 Å². The number of rotatable bonds is 4. The van der Waals surface area contributed by atoms with E-state index in [0.717, 1.165) is 29.3 Å². The van der Waals surface area contributed by atoms with Crippen LogP contribution in [0.25, 0.3) is 10.9 Å². The van der Waals surface area contributed by atoms with Crippen molar-refractivity contribution in [3.8, 4) is 0 Å². The Hall–Kier alpha value is -2.74. The molecule has 2 amide bonds. The number of aromatic amines is 1. The number of aromatic nitrogens is 3. The molecule has 4 rings (SSSR count). The Bertz CT molecular complexity index is 921. The van der Waals surface area contributed by atoms with Gasteiger partial charge in [0.1, 0.15) is 5.51 Å². The Morgan fingerprint density at radius 1 is 1.35 bits per heavy atom. The first-order valence-corrected chi connectivity index (χ1v) is 9.48. The van der Waals surface area contributed by atoms with E-state index < -0.39 is 0 Å². The van der Waals surface area contributed by atoms with Gasteiger partial charge >= 0.3 is 0 Å². The molecule has 1 aliphatic rings. The molecule has 3 aromatic rings. The zero-order valence-electron chi connectivity index (χ0n) is 14.1. The third-order valence-corrected chi connectivity index (χ3v) is 5.36. The maximum absolute atomic E-state index is 12.8. The number of carbonyl (C=O) groups is 2. The molecule has 0 spiro atoms. The molecule has 8 heteroatoms. The van der Waals surface area contributed by atoms with Crippen molar-refractivity contribution >= 4 is 39.2 Å². The summed E-state index contributed by atoms with van der Waals surface area (Å²) in [5, 5.41) is 11.9. The highest BCUT2D eigenvalue weighted by Gasteiger charge is 2.29. The second kappa shape index (κ2) is 7.25. The van der Waals surface area contributed by atoms with Crippen molar-refractivity contribution in [1.29, 1.82) is 0 Å². The molecule has 1 saturated heterocycles. The number of nitrogens with zero attached hydrogens (tertiary/aromatic N) is 3. The number of carbonyl (C=O) groups excluding carboxylic acids is 2. The fourth-order valence-corrected chi connectivity index (χ4v) is 3.85. The first kappa shape index (κ1) is 16.7. The molecule has 1 aliphatic heterocycles. The molecule has 1 fully saturated rings. The fraction of sp³-hybridized carbons (Fsp3) is 0.333. The van der Waals surface area contributed by atoms with Crippen molar-refractivity contribution in [2.45, 2.75) is 19.3 Å². The van der Waals surface area contributed by atoms with Gasteiger partial charge in [-0.3, -0.25) is 9.59 Å². The Morgan fingerprint density at radius 3 is 3.08 bits per heavy atom. The van der Waals surface area contributed by atoms with E-state index in [-0.39, 0.29) is 17.7 Å². The molecule has 1 atom stereocenters. The SMILES string of the molecule is O=C(Nc1nncs1)C1CCCN(C(=O)Cc2c[nH]c3ccccc23)C1. The Labute approximate surface area is 154 Å². The van der Waals surface area contributed by atoms with E-state index in [4.69, 9.17) is 0 Å². The van der Waals surface area contributed by atoms with Gasteiger partial charge in [-0.05, 0) is 24.5 Å². The zero-order chi connectivity index (χ0) is 17.9. The summed E-state index contributed by atoms with van der Waals surface area (Å²) in [6.45, 7) is 1.15. The average Bonchev–Trinajstić information content (AvgIpc) is 3.32. The van der Waals surface area contributed by atoms with Crippen LogP contribution in [0.5, 0.6) is 0 Å². The fourth-order valence-electron chi connectivity index (χ4n) is 3.41. The van der Waals surface area contributed by atoms with Crippen molar-refractivity contribution in [1.82, 2.24) is 20.1 Å². The number of H-pyrrole nitrogens is 1. The van der Waals surface area contributed by atoms with E-state index in [1.165, 1.54) is 11.3 Å². The van der Waals surface area contributed by atoms with Crippen LogP contribution in [0.15, 0.2) is 36.0 Å². The smallest absolute Gasteiger partial charge is 0.231 e. The summed E-state index contributed by atoms with van der Waals surface area (Å²) in [6.07, 6.45) is 3.84.